The van der Waals surface area contributed by atoms with Crippen molar-refractivity contribution >= 4 is 11.6 Å². The van der Waals surface area contributed by atoms with Crippen molar-refractivity contribution in [3.8, 4) is 5.75 Å². The topological polar surface area (TPSA) is 29.5 Å². The molecule has 1 atom stereocenters. The van der Waals surface area contributed by atoms with Crippen LogP contribution >= 0.6 is 11.6 Å². The molecule has 0 aliphatic rings. The first kappa shape index (κ1) is 13.8. The molecule has 0 aromatic heterocycles. The summed E-state index contributed by atoms with van der Waals surface area (Å²) >= 11 is 5.61. The molecule has 0 aliphatic heterocycles. The second kappa shape index (κ2) is 6.04. The molecule has 2 nitrogen and oxygen atoms in total. The largest absolute Gasteiger partial charge is 0.489 e. The Morgan fingerprint density at radius 2 is 2.05 bits per heavy atom. The van der Waals surface area contributed by atoms with Crippen molar-refractivity contribution in [3.05, 3.63) is 64.4 Å². The summed E-state index contributed by atoms with van der Waals surface area (Å²) in [5, 5.41) is 9.58. The van der Waals surface area contributed by atoms with E-state index in [0.29, 0.717) is 11.3 Å². The molecule has 2 aromatic rings. The van der Waals surface area contributed by atoms with Gasteiger partial charge in [0.25, 0.3) is 0 Å². The van der Waals surface area contributed by atoms with Crippen LogP contribution in [0.4, 0.5) is 4.39 Å². The Balaban J connectivity index is 2.05. The maximum Gasteiger partial charge on any atom is 0.142 e. The highest BCUT2D eigenvalue weighted by Crippen LogP contribution is 2.21. The zero-order valence-corrected chi connectivity index (χ0v) is 11.2. The Morgan fingerprint density at radius 3 is 2.74 bits per heavy atom. The maximum absolute atomic E-state index is 13.3. The van der Waals surface area contributed by atoms with Crippen LogP contribution in [0.5, 0.6) is 5.75 Å². The molecule has 4 heteroatoms. The minimum absolute atomic E-state index is 0.0971. The fourth-order valence-electron chi connectivity index (χ4n) is 1.66. The minimum Gasteiger partial charge on any atom is -0.489 e. The van der Waals surface area contributed by atoms with Crippen LogP contribution in [0.25, 0.3) is 0 Å². The van der Waals surface area contributed by atoms with E-state index in [0.717, 1.165) is 5.56 Å². The van der Waals surface area contributed by atoms with Gasteiger partial charge >= 0.3 is 0 Å². The molecule has 0 bridgehead atoms. The first-order valence-corrected chi connectivity index (χ1v) is 6.29. The molecular formula is C15H14ClFO2. The van der Waals surface area contributed by atoms with Gasteiger partial charge < -0.3 is 9.84 Å². The van der Waals surface area contributed by atoms with E-state index in [4.69, 9.17) is 16.3 Å². The van der Waals surface area contributed by atoms with Crippen molar-refractivity contribution in [1.29, 1.82) is 0 Å². The van der Waals surface area contributed by atoms with Crippen molar-refractivity contribution in [1.82, 2.24) is 0 Å². The molecule has 0 unspecified atom stereocenters. The SMILES string of the molecule is C[C@@H](O)c1cccc(OCc2ccc(Cl)c(F)c2)c1. The fraction of sp³-hybridized carbons (Fsp3) is 0.200. The number of ether oxygens (including phenoxy) is 1. The van der Waals surface area contributed by atoms with Crippen LogP contribution in [0.2, 0.25) is 5.02 Å². The van der Waals surface area contributed by atoms with Crippen LogP contribution in [0, 0.1) is 5.82 Å². The summed E-state index contributed by atoms with van der Waals surface area (Å²) in [4.78, 5) is 0. The Labute approximate surface area is 116 Å². The van der Waals surface area contributed by atoms with Gasteiger partial charge in [-0.1, -0.05) is 29.8 Å². The van der Waals surface area contributed by atoms with Gasteiger partial charge in [0.2, 0.25) is 0 Å². The zero-order chi connectivity index (χ0) is 13.8. The molecule has 0 radical (unpaired) electrons. The molecule has 1 N–H and O–H groups in total. The summed E-state index contributed by atoms with van der Waals surface area (Å²) in [6.45, 7) is 1.94. The van der Waals surface area contributed by atoms with Crippen LogP contribution in [-0.2, 0) is 6.61 Å². The number of halogens is 2. The first-order valence-electron chi connectivity index (χ1n) is 5.91. The highest BCUT2D eigenvalue weighted by atomic mass is 35.5. The van der Waals surface area contributed by atoms with Crippen LogP contribution < -0.4 is 4.74 Å². The Kier molecular flexibility index (Phi) is 4.40. The number of aliphatic hydroxyl groups is 1. The number of aliphatic hydroxyl groups excluding tert-OH is 1. The van der Waals surface area contributed by atoms with Crippen LogP contribution in [0.15, 0.2) is 42.5 Å². The number of hydrogen-bond donors (Lipinski definition) is 1. The molecule has 2 aromatic carbocycles. The van der Waals surface area contributed by atoms with Gasteiger partial charge in [-0.15, -0.1) is 0 Å². The molecule has 0 fully saturated rings. The summed E-state index contributed by atoms with van der Waals surface area (Å²) in [6, 6.07) is 11.7. The highest BCUT2D eigenvalue weighted by Gasteiger charge is 2.04. The van der Waals surface area contributed by atoms with Crippen molar-refractivity contribution in [2.24, 2.45) is 0 Å². The average molecular weight is 281 g/mol. The summed E-state index contributed by atoms with van der Waals surface area (Å²) in [5.74, 6) is 0.175. The fourth-order valence-corrected chi connectivity index (χ4v) is 1.78. The van der Waals surface area contributed by atoms with E-state index >= 15 is 0 Å². The normalized spacial score (nSPS) is 12.2. The van der Waals surface area contributed by atoms with Crippen molar-refractivity contribution in [3.63, 3.8) is 0 Å². The van der Waals surface area contributed by atoms with E-state index in [1.165, 1.54) is 12.1 Å². The van der Waals surface area contributed by atoms with Crippen LogP contribution in [0.1, 0.15) is 24.2 Å². The van der Waals surface area contributed by atoms with Gasteiger partial charge in [-0.05, 0) is 42.3 Å². The maximum atomic E-state index is 13.3. The van der Waals surface area contributed by atoms with Gasteiger partial charge in [-0.3, -0.25) is 0 Å². The smallest absolute Gasteiger partial charge is 0.142 e. The molecule has 19 heavy (non-hydrogen) atoms. The number of rotatable bonds is 4. The predicted octanol–water partition coefficient (Wildman–Crippen LogP) is 4.11. The molecule has 0 spiro atoms. The lowest BCUT2D eigenvalue weighted by Gasteiger charge is -2.10. The summed E-state index contributed by atoms with van der Waals surface area (Å²) in [7, 11) is 0. The molecule has 0 heterocycles. The lowest BCUT2D eigenvalue weighted by atomic mass is 10.1. The third-order valence-corrected chi connectivity index (χ3v) is 3.04. The molecule has 0 amide bonds. The zero-order valence-electron chi connectivity index (χ0n) is 10.4. The third-order valence-electron chi connectivity index (χ3n) is 2.73. The Morgan fingerprint density at radius 1 is 1.26 bits per heavy atom. The monoisotopic (exact) mass is 280 g/mol. The minimum atomic E-state index is -0.545. The van der Waals surface area contributed by atoms with E-state index in [1.807, 2.05) is 6.07 Å². The van der Waals surface area contributed by atoms with Gasteiger partial charge in [-0.2, -0.15) is 0 Å². The Bertz CT molecular complexity index is 570. The summed E-state index contributed by atoms with van der Waals surface area (Å²) < 4.78 is 18.8. The lowest BCUT2D eigenvalue weighted by molar-refractivity contribution is 0.198. The standard InChI is InChI=1S/C15H14ClFO2/c1-10(18)12-3-2-4-13(8-12)19-9-11-5-6-14(16)15(17)7-11/h2-8,10,18H,9H2,1H3/t10-/m1/s1. The van der Waals surface area contributed by atoms with Crippen molar-refractivity contribution in [2.45, 2.75) is 19.6 Å². The summed E-state index contributed by atoms with van der Waals surface area (Å²) in [5.41, 5.74) is 1.48. The molecule has 0 aliphatic carbocycles. The number of hydrogen-bond acceptors (Lipinski definition) is 2. The van der Waals surface area contributed by atoms with Crippen LogP contribution in [0.3, 0.4) is 0 Å². The van der Waals surface area contributed by atoms with Crippen LogP contribution in [-0.4, -0.2) is 5.11 Å². The molecule has 0 saturated carbocycles. The summed E-state index contributed by atoms with van der Waals surface area (Å²) in [6.07, 6.45) is -0.545. The molecular weight excluding hydrogens is 267 g/mol. The molecule has 2 rings (SSSR count). The second-order valence-corrected chi connectivity index (χ2v) is 4.69. The van der Waals surface area contributed by atoms with Crippen molar-refractivity contribution in [2.75, 3.05) is 0 Å². The van der Waals surface area contributed by atoms with Gasteiger partial charge in [0.05, 0.1) is 11.1 Å². The van der Waals surface area contributed by atoms with Gasteiger partial charge in [0.15, 0.2) is 0 Å². The van der Waals surface area contributed by atoms with Gasteiger partial charge in [0, 0.05) is 0 Å². The van der Waals surface area contributed by atoms with Gasteiger partial charge in [0.1, 0.15) is 18.2 Å². The van der Waals surface area contributed by atoms with E-state index in [1.54, 1.807) is 31.2 Å². The van der Waals surface area contributed by atoms with Crippen molar-refractivity contribution < 1.29 is 14.2 Å². The lowest BCUT2D eigenvalue weighted by Crippen LogP contribution is -1.98. The molecule has 100 valence electrons. The highest BCUT2D eigenvalue weighted by molar-refractivity contribution is 6.30. The third kappa shape index (κ3) is 3.69. The number of benzene rings is 2. The molecule has 0 saturated heterocycles. The van der Waals surface area contributed by atoms with E-state index in [9.17, 15) is 9.50 Å². The average Bonchev–Trinajstić information content (AvgIpc) is 2.40. The predicted molar refractivity (Wildman–Crippen MR) is 72.8 cm³/mol. The second-order valence-electron chi connectivity index (χ2n) is 4.29. The van der Waals surface area contributed by atoms with E-state index < -0.39 is 11.9 Å². The first-order chi connectivity index (χ1) is 9.06. The van der Waals surface area contributed by atoms with Gasteiger partial charge in [-0.25, -0.2) is 4.39 Å². The van der Waals surface area contributed by atoms with E-state index in [-0.39, 0.29) is 11.6 Å². The quantitative estimate of drug-likeness (QED) is 0.913. The van der Waals surface area contributed by atoms with E-state index in [2.05, 4.69) is 0 Å². The Hall–Kier alpha value is -1.58.